The average molecular weight is 402 g/mol. The molecule has 0 aromatic heterocycles. The van der Waals surface area contributed by atoms with E-state index in [0.29, 0.717) is 11.3 Å². The van der Waals surface area contributed by atoms with E-state index in [1.165, 1.54) is 0 Å². The molecule has 21 heavy (non-hydrogen) atoms. The second-order valence-corrected chi connectivity index (χ2v) is 6.49. The Labute approximate surface area is 138 Å². The van der Waals surface area contributed by atoms with E-state index in [1.54, 1.807) is 17.0 Å². The van der Waals surface area contributed by atoms with Crippen LogP contribution in [0, 0.1) is 3.57 Å². The van der Waals surface area contributed by atoms with Gasteiger partial charge >= 0.3 is 5.97 Å². The Morgan fingerprint density at radius 1 is 1.43 bits per heavy atom. The lowest BCUT2D eigenvalue weighted by molar-refractivity contribution is -0.137. The van der Waals surface area contributed by atoms with Gasteiger partial charge < -0.3 is 15.4 Å². The van der Waals surface area contributed by atoms with E-state index in [2.05, 4.69) is 22.6 Å². The summed E-state index contributed by atoms with van der Waals surface area (Å²) in [5.74, 6) is -0.691. The van der Waals surface area contributed by atoms with Crippen molar-refractivity contribution in [1.29, 1.82) is 0 Å². The molecule has 1 atom stereocenters. The molecule has 1 aromatic carbocycles. The number of nitrogen functional groups attached to an aromatic ring is 1. The van der Waals surface area contributed by atoms with Gasteiger partial charge in [-0.05, 0) is 67.0 Å². The van der Waals surface area contributed by atoms with Crippen molar-refractivity contribution in [3.63, 3.8) is 0 Å². The predicted molar refractivity (Wildman–Crippen MR) is 88.9 cm³/mol. The number of benzene rings is 1. The van der Waals surface area contributed by atoms with Gasteiger partial charge in [0.1, 0.15) is 0 Å². The van der Waals surface area contributed by atoms with Crippen molar-refractivity contribution in [3.8, 4) is 0 Å². The molecule has 1 amide bonds. The molecule has 1 fully saturated rings. The summed E-state index contributed by atoms with van der Waals surface area (Å²) in [7, 11) is 0. The van der Waals surface area contributed by atoms with E-state index in [0.717, 1.165) is 29.4 Å². The SMILES string of the molecule is C[C@H]1CCCCN1C(=O)COC(=O)c1cc(I)ccc1N. The Bertz CT molecular complexity index is 548. The lowest BCUT2D eigenvalue weighted by Crippen LogP contribution is -2.44. The fourth-order valence-electron chi connectivity index (χ4n) is 2.46. The van der Waals surface area contributed by atoms with Crippen molar-refractivity contribution < 1.29 is 14.3 Å². The number of anilines is 1. The molecule has 5 nitrogen and oxygen atoms in total. The average Bonchev–Trinajstić information content (AvgIpc) is 2.47. The molecule has 0 radical (unpaired) electrons. The maximum Gasteiger partial charge on any atom is 0.340 e. The molecule has 0 bridgehead atoms. The second-order valence-electron chi connectivity index (χ2n) is 5.24. The summed E-state index contributed by atoms with van der Waals surface area (Å²) in [5.41, 5.74) is 6.43. The third kappa shape index (κ3) is 4.09. The maximum absolute atomic E-state index is 12.1. The highest BCUT2D eigenvalue weighted by molar-refractivity contribution is 14.1. The number of carbonyl (C=O) groups is 2. The van der Waals surface area contributed by atoms with Gasteiger partial charge in [-0.1, -0.05) is 0 Å². The number of rotatable bonds is 3. The Morgan fingerprint density at radius 3 is 2.90 bits per heavy atom. The fourth-order valence-corrected chi connectivity index (χ4v) is 2.95. The lowest BCUT2D eigenvalue weighted by Gasteiger charge is -2.33. The first-order valence-corrected chi connectivity index (χ1v) is 8.08. The fraction of sp³-hybridized carbons (Fsp3) is 0.467. The largest absolute Gasteiger partial charge is 0.452 e. The van der Waals surface area contributed by atoms with E-state index >= 15 is 0 Å². The van der Waals surface area contributed by atoms with Gasteiger partial charge in [-0.2, -0.15) is 0 Å². The summed E-state index contributed by atoms with van der Waals surface area (Å²) in [6.45, 7) is 2.54. The monoisotopic (exact) mass is 402 g/mol. The summed E-state index contributed by atoms with van der Waals surface area (Å²) in [6, 6.07) is 5.35. The van der Waals surface area contributed by atoms with Gasteiger partial charge in [-0.3, -0.25) is 4.79 Å². The Hall–Kier alpha value is -1.31. The van der Waals surface area contributed by atoms with Crippen molar-refractivity contribution in [3.05, 3.63) is 27.3 Å². The van der Waals surface area contributed by atoms with Crippen molar-refractivity contribution in [2.75, 3.05) is 18.9 Å². The number of esters is 1. The van der Waals surface area contributed by atoms with Crippen LogP contribution in [0.25, 0.3) is 0 Å². The molecule has 1 aliphatic heterocycles. The van der Waals surface area contributed by atoms with Crippen LogP contribution in [0.3, 0.4) is 0 Å². The third-order valence-corrected chi connectivity index (χ3v) is 4.36. The number of halogens is 1. The van der Waals surface area contributed by atoms with Gasteiger partial charge in [0.15, 0.2) is 6.61 Å². The molecule has 0 unspecified atom stereocenters. The predicted octanol–water partition coefficient (Wildman–Crippen LogP) is 2.43. The highest BCUT2D eigenvalue weighted by atomic mass is 127. The zero-order chi connectivity index (χ0) is 15.4. The molecule has 0 saturated carbocycles. The molecule has 1 aromatic rings. The summed E-state index contributed by atoms with van der Waals surface area (Å²) in [4.78, 5) is 25.9. The van der Waals surface area contributed by atoms with Crippen LogP contribution in [-0.4, -0.2) is 36.0 Å². The van der Waals surface area contributed by atoms with Gasteiger partial charge in [0.05, 0.1) is 5.56 Å². The molecule has 6 heteroatoms. The van der Waals surface area contributed by atoms with E-state index in [-0.39, 0.29) is 18.6 Å². The van der Waals surface area contributed by atoms with E-state index in [4.69, 9.17) is 10.5 Å². The van der Waals surface area contributed by atoms with Gasteiger partial charge in [-0.15, -0.1) is 0 Å². The van der Waals surface area contributed by atoms with Gasteiger partial charge in [0.2, 0.25) is 0 Å². The maximum atomic E-state index is 12.1. The molecular formula is C15H19IN2O3. The first-order chi connectivity index (χ1) is 9.99. The number of nitrogens with zero attached hydrogens (tertiary/aromatic N) is 1. The van der Waals surface area contributed by atoms with E-state index < -0.39 is 5.97 Å². The summed E-state index contributed by atoms with van der Waals surface area (Å²) in [6.07, 6.45) is 3.15. The van der Waals surface area contributed by atoms with Crippen molar-refractivity contribution in [2.24, 2.45) is 0 Å². The van der Waals surface area contributed by atoms with Crippen LogP contribution in [0.1, 0.15) is 36.5 Å². The quantitative estimate of drug-likeness (QED) is 0.479. The standard InChI is InChI=1S/C15H19IN2O3/c1-10-4-2-3-7-18(10)14(19)9-21-15(20)12-8-11(16)5-6-13(12)17/h5-6,8,10H,2-4,7,9,17H2,1H3/t10-/m0/s1. The zero-order valence-electron chi connectivity index (χ0n) is 12.0. The Kier molecular flexibility index (Phi) is 5.44. The molecule has 0 spiro atoms. The minimum absolute atomic E-state index is 0.139. The van der Waals surface area contributed by atoms with Gasteiger partial charge in [-0.25, -0.2) is 4.79 Å². The van der Waals surface area contributed by atoms with Crippen molar-refractivity contribution in [2.45, 2.75) is 32.2 Å². The minimum atomic E-state index is -0.552. The number of piperidine rings is 1. The molecule has 1 saturated heterocycles. The van der Waals surface area contributed by atoms with Crippen molar-refractivity contribution >= 4 is 40.2 Å². The first-order valence-electron chi connectivity index (χ1n) is 7.00. The van der Waals surface area contributed by atoms with Gasteiger partial charge in [0, 0.05) is 21.8 Å². The lowest BCUT2D eigenvalue weighted by atomic mass is 10.0. The van der Waals surface area contributed by atoms with Crippen LogP contribution in [0.15, 0.2) is 18.2 Å². The number of amides is 1. The highest BCUT2D eigenvalue weighted by Gasteiger charge is 2.24. The summed E-state index contributed by atoms with van der Waals surface area (Å²) < 4.78 is 6.01. The number of carbonyl (C=O) groups excluding carboxylic acids is 2. The van der Waals surface area contributed by atoms with Crippen LogP contribution in [0.5, 0.6) is 0 Å². The molecule has 114 valence electrons. The smallest absolute Gasteiger partial charge is 0.340 e. The topological polar surface area (TPSA) is 72.6 Å². The molecule has 0 aliphatic carbocycles. The molecule has 2 N–H and O–H groups in total. The molecule has 2 rings (SSSR count). The third-order valence-electron chi connectivity index (χ3n) is 3.69. The first kappa shape index (κ1) is 16.1. The van der Waals surface area contributed by atoms with Crippen LogP contribution < -0.4 is 5.73 Å². The summed E-state index contributed by atoms with van der Waals surface area (Å²) >= 11 is 2.10. The van der Waals surface area contributed by atoms with Crippen LogP contribution in [0.2, 0.25) is 0 Å². The molecule has 1 heterocycles. The Balaban J connectivity index is 1.94. The number of hydrogen-bond acceptors (Lipinski definition) is 4. The van der Waals surface area contributed by atoms with Gasteiger partial charge in [0.25, 0.3) is 5.91 Å². The van der Waals surface area contributed by atoms with Crippen LogP contribution in [0.4, 0.5) is 5.69 Å². The summed E-state index contributed by atoms with van der Waals surface area (Å²) in [5, 5.41) is 0. The Morgan fingerprint density at radius 2 is 2.19 bits per heavy atom. The second kappa shape index (κ2) is 7.11. The van der Waals surface area contributed by atoms with Crippen LogP contribution in [-0.2, 0) is 9.53 Å². The minimum Gasteiger partial charge on any atom is -0.452 e. The number of likely N-dealkylation sites (tertiary alicyclic amines) is 1. The highest BCUT2D eigenvalue weighted by Crippen LogP contribution is 2.18. The normalized spacial score (nSPS) is 18.4. The van der Waals surface area contributed by atoms with E-state index in [1.807, 2.05) is 13.0 Å². The van der Waals surface area contributed by atoms with Crippen molar-refractivity contribution in [1.82, 2.24) is 4.90 Å². The number of hydrogen-bond donors (Lipinski definition) is 1. The number of ether oxygens (including phenoxy) is 1. The molecular weight excluding hydrogens is 383 g/mol. The van der Waals surface area contributed by atoms with Crippen LogP contribution >= 0.6 is 22.6 Å². The van der Waals surface area contributed by atoms with E-state index in [9.17, 15) is 9.59 Å². The molecule has 1 aliphatic rings. The number of nitrogens with two attached hydrogens (primary N) is 1. The zero-order valence-corrected chi connectivity index (χ0v) is 14.1.